The molecule has 0 unspecified atom stereocenters. The minimum atomic E-state index is -0.905. The normalized spacial score (nSPS) is 11.3. The van der Waals surface area contributed by atoms with E-state index in [0.717, 1.165) is 5.56 Å². The number of benzene rings is 2. The Kier molecular flexibility index (Phi) is 6.87. The minimum absolute atomic E-state index is 0.0961. The summed E-state index contributed by atoms with van der Waals surface area (Å²) in [6, 6.07) is 12.0. The fourth-order valence-electron chi connectivity index (χ4n) is 2.64. The second-order valence-corrected chi connectivity index (χ2v) is 5.76. The Bertz CT molecular complexity index is 836. The molecule has 0 fully saturated rings. The van der Waals surface area contributed by atoms with Crippen molar-refractivity contribution < 1.29 is 24.0 Å². The molecule has 1 amide bonds. The van der Waals surface area contributed by atoms with Crippen LogP contribution in [0, 0.1) is 10.1 Å². The number of methoxy groups -OCH3 is 2. The molecule has 0 radical (unpaired) electrons. The van der Waals surface area contributed by atoms with E-state index in [9.17, 15) is 19.7 Å². The summed E-state index contributed by atoms with van der Waals surface area (Å²) in [5.74, 6) is -0.437. The zero-order valence-electron chi connectivity index (χ0n) is 15.0. The molecule has 0 bridgehead atoms. The first-order chi connectivity index (χ1) is 12.9. The molecule has 8 heteroatoms. The Morgan fingerprint density at radius 1 is 1.15 bits per heavy atom. The van der Waals surface area contributed by atoms with Gasteiger partial charge in [-0.1, -0.05) is 30.3 Å². The molecule has 0 aromatic heterocycles. The number of amides is 1. The Balaban J connectivity index is 2.11. The Morgan fingerprint density at radius 2 is 1.89 bits per heavy atom. The fourth-order valence-corrected chi connectivity index (χ4v) is 2.64. The molecule has 0 heterocycles. The summed E-state index contributed by atoms with van der Waals surface area (Å²) in [4.78, 5) is 34.7. The highest BCUT2D eigenvalue weighted by atomic mass is 16.6. The molecule has 2 rings (SSSR count). The molecular weight excluding hydrogens is 352 g/mol. The van der Waals surface area contributed by atoms with E-state index >= 15 is 0 Å². The summed E-state index contributed by atoms with van der Waals surface area (Å²) < 4.78 is 10.0. The van der Waals surface area contributed by atoms with Gasteiger partial charge in [0.05, 0.1) is 25.6 Å². The van der Waals surface area contributed by atoms with Gasteiger partial charge in [0, 0.05) is 18.6 Å². The summed E-state index contributed by atoms with van der Waals surface area (Å²) in [6.45, 7) is 0. The van der Waals surface area contributed by atoms with Crippen LogP contribution in [0.25, 0.3) is 0 Å². The molecule has 2 aromatic rings. The van der Waals surface area contributed by atoms with Crippen molar-refractivity contribution in [3.8, 4) is 5.75 Å². The van der Waals surface area contributed by atoms with E-state index in [1.54, 1.807) is 30.3 Å². The van der Waals surface area contributed by atoms with Gasteiger partial charge >= 0.3 is 5.97 Å². The number of carbonyl (C=O) groups is 2. The first-order valence-corrected chi connectivity index (χ1v) is 8.17. The molecule has 27 heavy (non-hydrogen) atoms. The minimum Gasteiger partial charge on any atom is -0.496 e. The predicted molar refractivity (Wildman–Crippen MR) is 97.4 cm³/mol. The van der Waals surface area contributed by atoms with Crippen molar-refractivity contribution in [2.45, 2.75) is 18.9 Å². The average Bonchev–Trinajstić information content (AvgIpc) is 2.67. The van der Waals surface area contributed by atoms with E-state index in [1.807, 2.05) is 0 Å². The number of nitro groups is 1. The van der Waals surface area contributed by atoms with Crippen LogP contribution in [0.5, 0.6) is 5.75 Å². The molecule has 0 spiro atoms. The van der Waals surface area contributed by atoms with E-state index in [1.165, 1.54) is 32.4 Å². The van der Waals surface area contributed by atoms with Gasteiger partial charge in [0.25, 0.3) is 5.69 Å². The first kappa shape index (κ1) is 19.9. The maximum absolute atomic E-state index is 12.3. The van der Waals surface area contributed by atoms with Crippen LogP contribution in [0.4, 0.5) is 5.69 Å². The van der Waals surface area contributed by atoms with Crippen molar-refractivity contribution in [3.05, 3.63) is 69.8 Å². The Hall–Kier alpha value is -3.42. The van der Waals surface area contributed by atoms with E-state index in [4.69, 9.17) is 9.47 Å². The molecule has 0 aliphatic carbocycles. The summed E-state index contributed by atoms with van der Waals surface area (Å²) in [5, 5.41) is 13.5. The second-order valence-electron chi connectivity index (χ2n) is 5.76. The van der Waals surface area contributed by atoms with Crippen LogP contribution in [0.2, 0.25) is 0 Å². The van der Waals surface area contributed by atoms with Gasteiger partial charge in [-0.15, -0.1) is 0 Å². The van der Waals surface area contributed by atoms with Gasteiger partial charge in [0.2, 0.25) is 5.91 Å². The highest BCUT2D eigenvalue weighted by molar-refractivity contribution is 5.86. The van der Waals surface area contributed by atoms with E-state index in [0.29, 0.717) is 11.3 Å². The topological polar surface area (TPSA) is 108 Å². The summed E-state index contributed by atoms with van der Waals surface area (Å²) >= 11 is 0. The molecule has 0 saturated carbocycles. The lowest BCUT2D eigenvalue weighted by atomic mass is 10.0. The molecular formula is C19H20N2O6. The number of nitro benzene ring substituents is 1. The van der Waals surface area contributed by atoms with Crippen molar-refractivity contribution in [1.82, 2.24) is 5.32 Å². The number of carbonyl (C=O) groups excluding carboxylic acids is 2. The van der Waals surface area contributed by atoms with Gasteiger partial charge in [0.15, 0.2) is 0 Å². The zero-order chi connectivity index (χ0) is 19.8. The number of rotatable bonds is 8. The molecule has 142 valence electrons. The van der Waals surface area contributed by atoms with Crippen LogP contribution < -0.4 is 10.1 Å². The highest BCUT2D eigenvalue weighted by Gasteiger charge is 2.23. The van der Waals surface area contributed by atoms with Gasteiger partial charge in [-0.05, 0) is 17.2 Å². The van der Waals surface area contributed by atoms with Gasteiger partial charge in [-0.25, -0.2) is 4.79 Å². The van der Waals surface area contributed by atoms with Gasteiger partial charge in [-0.3, -0.25) is 14.9 Å². The molecule has 0 aliphatic heterocycles. The first-order valence-electron chi connectivity index (χ1n) is 8.17. The molecule has 0 saturated heterocycles. The number of hydrogen-bond acceptors (Lipinski definition) is 6. The van der Waals surface area contributed by atoms with E-state index < -0.39 is 22.8 Å². The molecule has 2 aromatic carbocycles. The van der Waals surface area contributed by atoms with Crippen molar-refractivity contribution in [2.75, 3.05) is 14.2 Å². The highest BCUT2D eigenvalue weighted by Crippen LogP contribution is 2.19. The summed E-state index contributed by atoms with van der Waals surface area (Å²) in [5.41, 5.74) is 1.12. The summed E-state index contributed by atoms with van der Waals surface area (Å²) in [7, 11) is 2.76. The monoisotopic (exact) mass is 372 g/mol. The van der Waals surface area contributed by atoms with Gasteiger partial charge < -0.3 is 14.8 Å². The SMILES string of the molecule is COC(=O)[C@@H](Cc1ccccc1OC)NC(=O)Cc1cccc([N+](=O)[O-])c1. The summed E-state index contributed by atoms with van der Waals surface area (Å²) in [6.07, 6.45) is 0.0957. The third kappa shape index (κ3) is 5.53. The zero-order valence-corrected chi connectivity index (χ0v) is 15.0. The van der Waals surface area contributed by atoms with Crippen molar-refractivity contribution in [1.29, 1.82) is 0 Å². The van der Waals surface area contributed by atoms with Crippen molar-refractivity contribution in [2.24, 2.45) is 0 Å². The van der Waals surface area contributed by atoms with Crippen molar-refractivity contribution >= 4 is 17.6 Å². The van der Waals surface area contributed by atoms with Crippen LogP contribution >= 0.6 is 0 Å². The number of esters is 1. The lowest BCUT2D eigenvalue weighted by Crippen LogP contribution is -2.43. The lowest BCUT2D eigenvalue weighted by Gasteiger charge is -2.18. The number of non-ortho nitro benzene ring substituents is 1. The van der Waals surface area contributed by atoms with E-state index in [2.05, 4.69) is 5.32 Å². The van der Waals surface area contributed by atoms with Crippen molar-refractivity contribution in [3.63, 3.8) is 0 Å². The van der Waals surface area contributed by atoms with Crippen LogP contribution in [0.15, 0.2) is 48.5 Å². The number of ether oxygens (including phenoxy) is 2. The Labute approximate surface area is 156 Å². The van der Waals surface area contributed by atoms with E-state index in [-0.39, 0.29) is 18.5 Å². The molecule has 0 aliphatic rings. The number of hydrogen-bond donors (Lipinski definition) is 1. The Morgan fingerprint density at radius 3 is 2.56 bits per heavy atom. The standard InChI is InChI=1S/C19H20N2O6/c1-26-17-9-4-3-7-14(17)12-16(19(23)27-2)20-18(22)11-13-6-5-8-15(10-13)21(24)25/h3-10,16H,11-12H2,1-2H3,(H,20,22)/t16-/m1/s1. The number of nitrogens with one attached hydrogen (secondary N) is 1. The quantitative estimate of drug-likeness (QED) is 0.432. The van der Waals surface area contributed by atoms with Crippen LogP contribution in [0.1, 0.15) is 11.1 Å². The third-order valence-corrected chi connectivity index (χ3v) is 3.92. The van der Waals surface area contributed by atoms with Crippen LogP contribution in [-0.2, 0) is 27.2 Å². The maximum atomic E-state index is 12.3. The fraction of sp³-hybridized carbons (Fsp3) is 0.263. The molecule has 1 atom stereocenters. The molecule has 1 N–H and O–H groups in total. The smallest absolute Gasteiger partial charge is 0.328 e. The third-order valence-electron chi connectivity index (χ3n) is 3.92. The maximum Gasteiger partial charge on any atom is 0.328 e. The van der Waals surface area contributed by atoms with Crippen LogP contribution in [0.3, 0.4) is 0 Å². The lowest BCUT2D eigenvalue weighted by molar-refractivity contribution is -0.384. The van der Waals surface area contributed by atoms with Gasteiger partial charge in [0.1, 0.15) is 11.8 Å². The second kappa shape index (κ2) is 9.33. The number of para-hydroxylation sites is 1. The molecule has 8 nitrogen and oxygen atoms in total. The predicted octanol–water partition coefficient (Wildman–Crippen LogP) is 2.05. The van der Waals surface area contributed by atoms with Gasteiger partial charge in [-0.2, -0.15) is 0 Å². The van der Waals surface area contributed by atoms with Crippen LogP contribution in [-0.4, -0.2) is 37.1 Å². The average molecular weight is 372 g/mol. The largest absolute Gasteiger partial charge is 0.496 e. The number of nitrogens with zero attached hydrogens (tertiary/aromatic N) is 1.